The maximum absolute atomic E-state index is 11.4. The molecule has 0 amide bonds. The van der Waals surface area contributed by atoms with Crippen molar-refractivity contribution in [3.8, 4) is 0 Å². The third-order valence-corrected chi connectivity index (χ3v) is 4.91. The van der Waals surface area contributed by atoms with Crippen molar-refractivity contribution in [3.05, 3.63) is 0 Å². The van der Waals surface area contributed by atoms with E-state index in [9.17, 15) is 16.8 Å². The largest absolute Gasteiger partial charge is 0.314 e. The standard InChI is InChI=1S/C10H24N2O4S2/c1-5-7-18(15,16)8-6-11-9-10(2,3)12-17(4,13)14/h11-12H,5-9H2,1-4H3. The number of sulfone groups is 1. The van der Waals surface area contributed by atoms with Gasteiger partial charge in [0.05, 0.1) is 12.0 Å². The number of hydrogen-bond acceptors (Lipinski definition) is 5. The van der Waals surface area contributed by atoms with Gasteiger partial charge in [-0.05, 0) is 20.3 Å². The van der Waals surface area contributed by atoms with Crippen LogP contribution in [0.2, 0.25) is 0 Å². The molecule has 0 fully saturated rings. The molecule has 110 valence electrons. The maximum Gasteiger partial charge on any atom is 0.209 e. The molecule has 0 spiro atoms. The van der Waals surface area contributed by atoms with Crippen LogP contribution in [0.25, 0.3) is 0 Å². The van der Waals surface area contributed by atoms with E-state index < -0.39 is 25.4 Å². The fraction of sp³-hybridized carbons (Fsp3) is 1.00. The predicted molar refractivity (Wildman–Crippen MR) is 73.9 cm³/mol. The van der Waals surface area contributed by atoms with Gasteiger partial charge in [0.15, 0.2) is 9.84 Å². The quantitative estimate of drug-likeness (QED) is 0.572. The molecule has 0 saturated heterocycles. The average molecular weight is 300 g/mol. The van der Waals surface area contributed by atoms with Crippen molar-refractivity contribution in [1.29, 1.82) is 0 Å². The van der Waals surface area contributed by atoms with Gasteiger partial charge in [-0.3, -0.25) is 0 Å². The molecule has 2 N–H and O–H groups in total. The topological polar surface area (TPSA) is 92.3 Å². The van der Waals surface area contributed by atoms with Gasteiger partial charge in [0.1, 0.15) is 0 Å². The lowest BCUT2D eigenvalue weighted by Gasteiger charge is -2.25. The molecule has 18 heavy (non-hydrogen) atoms. The summed E-state index contributed by atoms with van der Waals surface area (Å²) in [7, 11) is -6.25. The van der Waals surface area contributed by atoms with Crippen molar-refractivity contribution in [1.82, 2.24) is 10.0 Å². The van der Waals surface area contributed by atoms with Crippen LogP contribution >= 0.6 is 0 Å². The molecule has 0 aromatic carbocycles. The summed E-state index contributed by atoms with van der Waals surface area (Å²) in [6.07, 6.45) is 1.71. The Morgan fingerprint density at radius 2 is 1.61 bits per heavy atom. The molecule has 0 saturated carbocycles. The van der Waals surface area contributed by atoms with Gasteiger partial charge < -0.3 is 5.32 Å². The Balaban J connectivity index is 4.05. The third kappa shape index (κ3) is 9.81. The summed E-state index contributed by atoms with van der Waals surface area (Å²) in [5.41, 5.74) is -0.637. The van der Waals surface area contributed by atoms with Gasteiger partial charge in [0, 0.05) is 24.4 Å². The van der Waals surface area contributed by atoms with Crippen LogP contribution in [0.1, 0.15) is 27.2 Å². The number of hydrogen-bond donors (Lipinski definition) is 2. The van der Waals surface area contributed by atoms with Gasteiger partial charge >= 0.3 is 0 Å². The second kappa shape index (κ2) is 6.83. The number of rotatable bonds is 9. The molecule has 0 aromatic heterocycles. The van der Waals surface area contributed by atoms with Crippen molar-refractivity contribution in [2.75, 3.05) is 30.9 Å². The fourth-order valence-electron chi connectivity index (χ4n) is 1.58. The molecule has 0 rings (SSSR count). The van der Waals surface area contributed by atoms with Gasteiger partial charge in [0.2, 0.25) is 10.0 Å². The minimum absolute atomic E-state index is 0.0792. The Bertz CT molecular complexity index is 440. The second-order valence-electron chi connectivity index (χ2n) is 5.09. The van der Waals surface area contributed by atoms with Crippen LogP contribution in [0.15, 0.2) is 0 Å². The smallest absolute Gasteiger partial charge is 0.209 e. The molecule has 0 unspecified atom stereocenters. The summed E-state index contributed by atoms with van der Waals surface area (Å²) >= 11 is 0. The third-order valence-electron chi connectivity index (χ3n) is 2.13. The highest BCUT2D eigenvalue weighted by Crippen LogP contribution is 2.01. The fourth-order valence-corrected chi connectivity index (χ4v) is 3.94. The highest BCUT2D eigenvalue weighted by molar-refractivity contribution is 7.91. The highest BCUT2D eigenvalue weighted by atomic mass is 32.2. The second-order valence-corrected chi connectivity index (χ2v) is 9.14. The first-order valence-electron chi connectivity index (χ1n) is 5.87. The summed E-state index contributed by atoms with van der Waals surface area (Å²) in [4.78, 5) is 0. The van der Waals surface area contributed by atoms with Crippen LogP contribution in [0.3, 0.4) is 0 Å². The Hall–Kier alpha value is -0.180. The summed E-state index contributed by atoms with van der Waals surface area (Å²) in [5, 5.41) is 2.96. The van der Waals surface area contributed by atoms with Gasteiger partial charge in [-0.1, -0.05) is 6.92 Å². The van der Waals surface area contributed by atoms with E-state index in [2.05, 4.69) is 10.0 Å². The van der Waals surface area contributed by atoms with Crippen molar-refractivity contribution in [2.45, 2.75) is 32.7 Å². The molecule has 0 heterocycles. The Kier molecular flexibility index (Phi) is 6.77. The molecular formula is C10H24N2O4S2. The SMILES string of the molecule is CCCS(=O)(=O)CCNCC(C)(C)NS(C)(=O)=O. The van der Waals surface area contributed by atoms with Crippen LogP contribution in [0, 0.1) is 0 Å². The van der Waals surface area contributed by atoms with Gasteiger partial charge in [-0.2, -0.15) is 0 Å². The lowest BCUT2D eigenvalue weighted by Crippen LogP contribution is -2.50. The van der Waals surface area contributed by atoms with Crippen molar-refractivity contribution < 1.29 is 16.8 Å². The van der Waals surface area contributed by atoms with E-state index in [1.54, 1.807) is 13.8 Å². The summed E-state index contributed by atoms with van der Waals surface area (Å²) < 4.78 is 47.5. The van der Waals surface area contributed by atoms with E-state index in [1.807, 2.05) is 6.92 Å². The van der Waals surface area contributed by atoms with Crippen LogP contribution in [0.4, 0.5) is 0 Å². The first-order valence-corrected chi connectivity index (χ1v) is 9.59. The lowest BCUT2D eigenvalue weighted by atomic mass is 10.1. The van der Waals surface area contributed by atoms with Crippen molar-refractivity contribution in [2.24, 2.45) is 0 Å². The Labute approximate surface area is 111 Å². The van der Waals surface area contributed by atoms with Gasteiger partial charge in [-0.15, -0.1) is 0 Å². The minimum atomic E-state index is -3.26. The molecular weight excluding hydrogens is 276 g/mol. The van der Waals surface area contributed by atoms with E-state index in [0.717, 1.165) is 6.26 Å². The zero-order valence-electron chi connectivity index (χ0n) is 11.5. The van der Waals surface area contributed by atoms with Crippen LogP contribution in [-0.2, 0) is 19.9 Å². The molecule has 0 aliphatic rings. The zero-order valence-corrected chi connectivity index (χ0v) is 13.1. The predicted octanol–water partition coefficient (Wildman–Crippen LogP) is -0.271. The van der Waals surface area contributed by atoms with Crippen LogP contribution in [0.5, 0.6) is 0 Å². The summed E-state index contributed by atoms with van der Waals surface area (Å²) in [6.45, 7) is 6.01. The molecule has 0 radical (unpaired) electrons. The molecule has 6 nitrogen and oxygen atoms in total. The normalized spacial score (nSPS) is 13.8. The molecule has 0 bridgehead atoms. The van der Waals surface area contributed by atoms with E-state index in [0.29, 0.717) is 19.5 Å². The molecule has 0 atom stereocenters. The van der Waals surface area contributed by atoms with Crippen LogP contribution in [-0.4, -0.2) is 53.2 Å². The zero-order chi connectivity index (χ0) is 14.4. The molecule has 0 aliphatic heterocycles. The average Bonchev–Trinajstić information content (AvgIpc) is 2.08. The lowest BCUT2D eigenvalue weighted by molar-refractivity contribution is 0.426. The van der Waals surface area contributed by atoms with Crippen molar-refractivity contribution >= 4 is 19.9 Å². The van der Waals surface area contributed by atoms with Gasteiger partial charge in [-0.25, -0.2) is 21.6 Å². The molecule has 8 heteroatoms. The first kappa shape index (κ1) is 17.8. The number of nitrogens with one attached hydrogen (secondary N) is 2. The van der Waals surface area contributed by atoms with Crippen molar-refractivity contribution in [3.63, 3.8) is 0 Å². The van der Waals surface area contributed by atoms with E-state index in [1.165, 1.54) is 0 Å². The highest BCUT2D eigenvalue weighted by Gasteiger charge is 2.21. The Morgan fingerprint density at radius 3 is 2.06 bits per heavy atom. The monoisotopic (exact) mass is 300 g/mol. The first-order chi connectivity index (χ1) is 7.97. The summed E-state index contributed by atoms with van der Waals surface area (Å²) in [6, 6.07) is 0. The number of sulfonamides is 1. The Morgan fingerprint density at radius 1 is 1.06 bits per heavy atom. The maximum atomic E-state index is 11.4. The van der Waals surface area contributed by atoms with E-state index in [4.69, 9.17) is 0 Å². The minimum Gasteiger partial charge on any atom is -0.314 e. The molecule has 0 aromatic rings. The van der Waals surface area contributed by atoms with E-state index >= 15 is 0 Å². The van der Waals surface area contributed by atoms with Gasteiger partial charge in [0.25, 0.3) is 0 Å². The summed E-state index contributed by atoms with van der Waals surface area (Å²) in [5.74, 6) is 0.273. The van der Waals surface area contributed by atoms with E-state index in [-0.39, 0.29) is 11.5 Å². The van der Waals surface area contributed by atoms with Crippen LogP contribution < -0.4 is 10.0 Å². The molecule has 0 aliphatic carbocycles.